The minimum Gasteiger partial charge on any atom is -0.506 e. The summed E-state index contributed by atoms with van der Waals surface area (Å²) in [7, 11) is 0. The zero-order chi connectivity index (χ0) is 26.5. The van der Waals surface area contributed by atoms with E-state index in [4.69, 9.17) is 9.15 Å². The number of hydrogen-bond acceptors (Lipinski definition) is 7. The van der Waals surface area contributed by atoms with Gasteiger partial charge in [-0.25, -0.2) is 0 Å². The van der Waals surface area contributed by atoms with Gasteiger partial charge >= 0.3 is 0 Å². The van der Waals surface area contributed by atoms with Crippen LogP contribution in [0, 0.1) is 0 Å². The molecule has 38 heavy (non-hydrogen) atoms. The summed E-state index contributed by atoms with van der Waals surface area (Å²) >= 11 is 7.92. The molecule has 0 saturated carbocycles. The molecule has 0 radical (unpaired) electrons. The van der Waals surface area contributed by atoms with Crippen molar-refractivity contribution < 1.29 is 19.1 Å². The molecule has 1 saturated heterocycles. The van der Waals surface area contributed by atoms with Crippen molar-refractivity contribution in [2.75, 3.05) is 0 Å². The van der Waals surface area contributed by atoms with Crippen molar-refractivity contribution in [1.82, 2.24) is 4.90 Å². The number of carbonyl (C=O) groups is 1. The third-order valence-electron chi connectivity index (χ3n) is 5.31. The van der Waals surface area contributed by atoms with Gasteiger partial charge in [-0.3, -0.25) is 9.69 Å². The standard InChI is InChI=1S/C28H19Br2N3O4S/c29-20-13-19(26(34)24(30)15-20)14-25-27(35)33(17-23-10-5-11-36-23)28(38-25)32-31-16-18-6-4-9-22(12-18)37-21-7-2-1-3-8-21/h1-16,34H,17H2/b25-14-,31-16-,32-28+. The van der Waals surface area contributed by atoms with Crippen LogP contribution >= 0.6 is 43.6 Å². The van der Waals surface area contributed by atoms with Crippen LogP contribution in [0.25, 0.3) is 6.08 Å². The van der Waals surface area contributed by atoms with Crippen LogP contribution in [-0.4, -0.2) is 27.3 Å². The normalized spacial score (nSPS) is 15.7. The van der Waals surface area contributed by atoms with Crippen LogP contribution in [0.3, 0.4) is 0 Å². The summed E-state index contributed by atoms with van der Waals surface area (Å²) in [6, 6.07) is 24.0. The van der Waals surface area contributed by atoms with Crippen molar-refractivity contribution in [2.24, 2.45) is 10.2 Å². The van der Waals surface area contributed by atoms with Gasteiger partial charge in [0.2, 0.25) is 0 Å². The summed E-state index contributed by atoms with van der Waals surface area (Å²) in [5.41, 5.74) is 1.27. The molecule has 2 heterocycles. The minimum atomic E-state index is -0.269. The monoisotopic (exact) mass is 651 g/mol. The van der Waals surface area contributed by atoms with E-state index >= 15 is 0 Å². The molecule has 190 valence electrons. The number of nitrogens with zero attached hydrogens (tertiary/aromatic N) is 3. The van der Waals surface area contributed by atoms with E-state index in [9.17, 15) is 9.90 Å². The van der Waals surface area contributed by atoms with Crippen LogP contribution in [0.2, 0.25) is 0 Å². The number of ether oxygens (including phenoxy) is 1. The zero-order valence-electron chi connectivity index (χ0n) is 19.6. The van der Waals surface area contributed by atoms with E-state index in [0.717, 1.165) is 15.8 Å². The van der Waals surface area contributed by atoms with E-state index in [1.165, 1.54) is 16.7 Å². The van der Waals surface area contributed by atoms with E-state index in [0.29, 0.717) is 31.6 Å². The Balaban J connectivity index is 1.40. The van der Waals surface area contributed by atoms with Gasteiger partial charge in [-0.1, -0.05) is 46.3 Å². The molecule has 1 aliphatic heterocycles. The number of aromatic hydroxyl groups is 1. The topological polar surface area (TPSA) is 87.6 Å². The number of rotatable bonds is 7. The van der Waals surface area contributed by atoms with Gasteiger partial charge in [0.05, 0.1) is 28.4 Å². The number of halogens is 2. The van der Waals surface area contributed by atoms with Gasteiger partial charge in [-0.15, -0.1) is 5.10 Å². The Morgan fingerprint density at radius 3 is 2.61 bits per heavy atom. The summed E-state index contributed by atoms with van der Waals surface area (Å²) in [4.78, 5) is 15.2. The van der Waals surface area contributed by atoms with Crippen LogP contribution in [0.1, 0.15) is 16.9 Å². The lowest BCUT2D eigenvalue weighted by atomic mass is 10.2. The second kappa shape index (κ2) is 11.8. The molecule has 5 rings (SSSR count). The van der Waals surface area contributed by atoms with Crippen molar-refractivity contribution in [3.05, 3.63) is 116 Å². The maximum absolute atomic E-state index is 13.3. The van der Waals surface area contributed by atoms with Crippen molar-refractivity contribution >= 4 is 67.0 Å². The average Bonchev–Trinajstić information content (AvgIpc) is 3.52. The van der Waals surface area contributed by atoms with Crippen molar-refractivity contribution in [3.63, 3.8) is 0 Å². The van der Waals surface area contributed by atoms with Gasteiger partial charge < -0.3 is 14.3 Å². The highest BCUT2D eigenvalue weighted by Gasteiger charge is 2.34. The van der Waals surface area contributed by atoms with Crippen molar-refractivity contribution in [2.45, 2.75) is 6.54 Å². The average molecular weight is 653 g/mol. The van der Waals surface area contributed by atoms with Crippen molar-refractivity contribution in [3.8, 4) is 17.2 Å². The molecule has 1 fully saturated rings. The maximum atomic E-state index is 13.3. The zero-order valence-corrected chi connectivity index (χ0v) is 23.6. The summed E-state index contributed by atoms with van der Waals surface area (Å²) < 4.78 is 12.6. The quantitative estimate of drug-likeness (QED) is 0.125. The molecule has 7 nitrogen and oxygen atoms in total. The number of amides is 1. The second-order valence-corrected chi connectivity index (χ2v) is 10.8. The first kappa shape index (κ1) is 26.0. The van der Waals surface area contributed by atoms with Crippen LogP contribution in [0.4, 0.5) is 0 Å². The number of phenols is 1. The first-order valence-corrected chi connectivity index (χ1v) is 13.7. The number of amidine groups is 1. The lowest BCUT2D eigenvalue weighted by Crippen LogP contribution is -2.28. The highest BCUT2D eigenvalue weighted by Crippen LogP contribution is 2.38. The number of phenolic OH excluding ortho intramolecular Hbond substituents is 1. The minimum absolute atomic E-state index is 0.0349. The lowest BCUT2D eigenvalue weighted by Gasteiger charge is -2.12. The number of thioether (sulfide) groups is 1. The molecule has 1 N–H and O–H groups in total. The van der Waals surface area contributed by atoms with Gasteiger partial charge in [0.15, 0.2) is 5.17 Å². The summed E-state index contributed by atoms with van der Waals surface area (Å²) in [5, 5.41) is 19.4. The molecule has 0 spiro atoms. The number of hydrogen-bond donors (Lipinski definition) is 1. The number of benzene rings is 3. The van der Waals surface area contributed by atoms with E-state index in [1.54, 1.807) is 42.8 Å². The molecular formula is C28H19Br2N3O4S. The fourth-order valence-electron chi connectivity index (χ4n) is 3.55. The molecule has 0 atom stereocenters. The fraction of sp³-hybridized carbons (Fsp3) is 0.0357. The first-order valence-electron chi connectivity index (χ1n) is 11.3. The van der Waals surface area contributed by atoms with Gasteiger partial charge in [0, 0.05) is 10.0 Å². The summed E-state index contributed by atoms with van der Waals surface area (Å²) in [6.07, 6.45) is 4.78. The molecule has 1 aliphatic rings. The first-order chi connectivity index (χ1) is 18.5. The molecule has 3 aromatic carbocycles. The molecule has 1 amide bonds. The van der Waals surface area contributed by atoms with Gasteiger partial charge in [0.1, 0.15) is 23.0 Å². The van der Waals surface area contributed by atoms with Crippen LogP contribution < -0.4 is 4.74 Å². The third-order valence-corrected chi connectivity index (χ3v) is 7.37. The Labute approximate surface area is 239 Å². The van der Waals surface area contributed by atoms with E-state index in [2.05, 4.69) is 42.1 Å². The van der Waals surface area contributed by atoms with E-state index in [1.807, 2.05) is 54.6 Å². The molecule has 1 aromatic heterocycles. The summed E-state index contributed by atoms with van der Waals surface area (Å²) in [5.74, 6) is 1.78. The number of para-hydroxylation sites is 1. The van der Waals surface area contributed by atoms with Crippen LogP contribution in [-0.2, 0) is 11.3 Å². The predicted octanol–water partition coefficient (Wildman–Crippen LogP) is 7.81. The predicted molar refractivity (Wildman–Crippen MR) is 156 cm³/mol. The molecule has 10 heteroatoms. The van der Waals surface area contributed by atoms with E-state index in [-0.39, 0.29) is 18.2 Å². The molecule has 0 unspecified atom stereocenters. The largest absolute Gasteiger partial charge is 0.506 e. The molecule has 0 bridgehead atoms. The van der Waals surface area contributed by atoms with Gasteiger partial charge in [-0.2, -0.15) is 5.10 Å². The Kier molecular flexibility index (Phi) is 8.11. The Morgan fingerprint density at radius 2 is 1.82 bits per heavy atom. The lowest BCUT2D eigenvalue weighted by molar-refractivity contribution is -0.122. The Morgan fingerprint density at radius 1 is 1.00 bits per heavy atom. The van der Waals surface area contributed by atoms with Crippen molar-refractivity contribution in [1.29, 1.82) is 0 Å². The van der Waals surface area contributed by atoms with Crippen LogP contribution in [0.5, 0.6) is 17.2 Å². The molecule has 4 aromatic rings. The third kappa shape index (κ3) is 6.27. The molecule has 0 aliphatic carbocycles. The van der Waals surface area contributed by atoms with Gasteiger partial charge in [0.25, 0.3) is 5.91 Å². The Bertz CT molecular complexity index is 1550. The maximum Gasteiger partial charge on any atom is 0.267 e. The fourth-order valence-corrected chi connectivity index (χ4v) is 5.73. The highest BCUT2D eigenvalue weighted by atomic mass is 79.9. The number of furan rings is 1. The SMILES string of the molecule is O=C1/C(=C/c2cc(Br)cc(Br)c2O)S/C(=N/N=C\c2cccc(Oc3ccccc3)c2)N1Cc1ccco1. The van der Waals surface area contributed by atoms with Crippen LogP contribution in [0.15, 0.2) is 114 Å². The smallest absolute Gasteiger partial charge is 0.267 e. The second-order valence-electron chi connectivity index (χ2n) is 8.02. The number of carbonyl (C=O) groups excluding carboxylic acids is 1. The molecular weight excluding hydrogens is 634 g/mol. The van der Waals surface area contributed by atoms with Gasteiger partial charge in [-0.05, 0) is 87.9 Å². The summed E-state index contributed by atoms with van der Waals surface area (Å²) in [6.45, 7) is 0.194. The highest BCUT2D eigenvalue weighted by molar-refractivity contribution is 9.11. The Hall–Kier alpha value is -3.60. The van der Waals surface area contributed by atoms with E-state index < -0.39 is 0 Å².